The largest absolute Gasteiger partial charge is 0.325 e. The van der Waals surface area contributed by atoms with Gasteiger partial charge in [0.25, 0.3) is 0 Å². The van der Waals surface area contributed by atoms with Crippen molar-refractivity contribution in [3.05, 3.63) is 0 Å². The second kappa shape index (κ2) is 5.64. The first-order valence-corrected chi connectivity index (χ1v) is 6.06. The van der Waals surface area contributed by atoms with Gasteiger partial charge in [-0.05, 0) is 19.3 Å². The Balaban J connectivity index is 1.74. The maximum absolute atomic E-state index is 6.01. The van der Waals surface area contributed by atoms with Crippen LogP contribution in [-0.4, -0.2) is 5.54 Å². The lowest BCUT2D eigenvalue weighted by atomic mass is 10.0. The van der Waals surface area contributed by atoms with Crippen LogP contribution in [0.15, 0.2) is 0 Å². The highest BCUT2D eigenvalue weighted by Crippen LogP contribution is 2.37. The second-order valence-electron chi connectivity index (χ2n) is 4.73. The Morgan fingerprint density at radius 2 is 1.46 bits per heavy atom. The summed E-state index contributed by atoms with van der Waals surface area (Å²) < 4.78 is 0. The van der Waals surface area contributed by atoms with Crippen LogP contribution in [0.2, 0.25) is 0 Å². The van der Waals surface area contributed by atoms with Crippen LogP contribution in [0.3, 0.4) is 0 Å². The number of unbranched alkanes of at least 4 members (excludes halogenated alkanes) is 6. The number of hydrogen-bond donors (Lipinski definition) is 1. The van der Waals surface area contributed by atoms with E-state index >= 15 is 0 Å². The van der Waals surface area contributed by atoms with Crippen LogP contribution >= 0.6 is 0 Å². The molecule has 1 aliphatic carbocycles. The normalized spacial score (nSPS) is 18.9. The van der Waals surface area contributed by atoms with E-state index in [4.69, 9.17) is 5.73 Å². The predicted octanol–water partition coefficient (Wildman–Crippen LogP) is 3.62. The van der Waals surface area contributed by atoms with Crippen molar-refractivity contribution in [1.29, 1.82) is 0 Å². The third kappa shape index (κ3) is 5.30. The minimum Gasteiger partial charge on any atom is -0.325 e. The molecule has 0 radical (unpaired) electrons. The van der Waals surface area contributed by atoms with Crippen molar-refractivity contribution in [2.45, 2.75) is 76.7 Å². The molecule has 0 aromatic carbocycles. The van der Waals surface area contributed by atoms with Gasteiger partial charge in [-0.1, -0.05) is 51.9 Å². The lowest BCUT2D eigenvalue weighted by Gasteiger charge is -2.07. The highest BCUT2D eigenvalue weighted by molar-refractivity contribution is 4.97. The summed E-state index contributed by atoms with van der Waals surface area (Å²) in [6.07, 6.45) is 13.7. The van der Waals surface area contributed by atoms with Gasteiger partial charge in [-0.25, -0.2) is 0 Å². The molecule has 78 valence electrons. The molecular formula is C12H25N. The average molecular weight is 183 g/mol. The van der Waals surface area contributed by atoms with E-state index in [-0.39, 0.29) is 0 Å². The summed E-state index contributed by atoms with van der Waals surface area (Å²) in [5.41, 5.74) is 6.30. The first kappa shape index (κ1) is 11.0. The van der Waals surface area contributed by atoms with E-state index in [2.05, 4.69) is 6.92 Å². The molecule has 0 atom stereocenters. The molecule has 2 N–H and O–H groups in total. The van der Waals surface area contributed by atoms with Gasteiger partial charge in [0.05, 0.1) is 0 Å². The van der Waals surface area contributed by atoms with Crippen molar-refractivity contribution in [3.8, 4) is 0 Å². The van der Waals surface area contributed by atoms with Crippen LogP contribution in [0.25, 0.3) is 0 Å². The Morgan fingerprint density at radius 3 is 2.00 bits per heavy atom. The van der Waals surface area contributed by atoms with Crippen molar-refractivity contribution in [2.75, 3.05) is 0 Å². The summed E-state index contributed by atoms with van der Waals surface area (Å²) in [4.78, 5) is 0. The highest BCUT2D eigenvalue weighted by atomic mass is 14.8. The molecule has 0 bridgehead atoms. The van der Waals surface area contributed by atoms with Crippen molar-refractivity contribution < 1.29 is 0 Å². The summed E-state index contributed by atoms with van der Waals surface area (Å²) in [7, 11) is 0. The smallest absolute Gasteiger partial charge is 0.0155 e. The Bertz CT molecular complexity index is 127. The van der Waals surface area contributed by atoms with Crippen LogP contribution < -0.4 is 5.73 Å². The monoisotopic (exact) mass is 183 g/mol. The second-order valence-corrected chi connectivity index (χ2v) is 4.73. The van der Waals surface area contributed by atoms with Gasteiger partial charge in [0, 0.05) is 5.54 Å². The minimum absolute atomic E-state index is 0.295. The standard InChI is InChI=1S/C12H25N/c1-2-3-4-5-6-7-8-9-12(13)10-11-12/h2-11,13H2,1H3. The molecule has 0 saturated heterocycles. The third-order valence-corrected chi connectivity index (χ3v) is 3.17. The molecule has 1 rings (SSSR count). The first-order chi connectivity index (χ1) is 6.27. The molecule has 1 aliphatic rings. The van der Waals surface area contributed by atoms with Gasteiger partial charge in [0.15, 0.2) is 0 Å². The van der Waals surface area contributed by atoms with E-state index in [0.717, 1.165) is 0 Å². The van der Waals surface area contributed by atoms with Gasteiger partial charge in [-0.3, -0.25) is 0 Å². The quantitative estimate of drug-likeness (QED) is 0.571. The fourth-order valence-electron chi connectivity index (χ4n) is 1.84. The molecule has 0 spiro atoms. The number of nitrogens with two attached hydrogens (primary N) is 1. The summed E-state index contributed by atoms with van der Waals surface area (Å²) in [6.45, 7) is 2.27. The topological polar surface area (TPSA) is 26.0 Å². The molecular weight excluding hydrogens is 158 g/mol. The van der Waals surface area contributed by atoms with Crippen molar-refractivity contribution in [2.24, 2.45) is 5.73 Å². The van der Waals surface area contributed by atoms with Gasteiger partial charge in [-0.2, -0.15) is 0 Å². The molecule has 13 heavy (non-hydrogen) atoms. The minimum atomic E-state index is 0.295. The molecule has 1 heteroatoms. The lowest BCUT2D eigenvalue weighted by Crippen LogP contribution is -2.20. The first-order valence-electron chi connectivity index (χ1n) is 6.06. The molecule has 1 nitrogen and oxygen atoms in total. The molecule has 0 heterocycles. The van der Waals surface area contributed by atoms with E-state index in [1.54, 1.807) is 0 Å². The molecule has 1 saturated carbocycles. The van der Waals surface area contributed by atoms with Crippen LogP contribution in [0, 0.1) is 0 Å². The average Bonchev–Trinajstić information content (AvgIpc) is 2.83. The van der Waals surface area contributed by atoms with Gasteiger partial charge < -0.3 is 5.73 Å². The van der Waals surface area contributed by atoms with Crippen molar-refractivity contribution in [1.82, 2.24) is 0 Å². The van der Waals surface area contributed by atoms with Gasteiger partial charge in [-0.15, -0.1) is 0 Å². The Morgan fingerprint density at radius 1 is 0.923 bits per heavy atom. The summed E-state index contributed by atoms with van der Waals surface area (Å²) in [5.74, 6) is 0. The maximum atomic E-state index is 6.01. The fourth-order valence-corrected chi connectivity index (χ4v) is 1.84. The Labute approximate surface area is 83.1 Å². The van der Waals surface area contributed by atoms with Gasteiger partial charge >= 0.3 is 0 Å². The van der Waals surface area contributed by atoms with Gasteiger partial charge in [0.1, 0.15) is 0 Å². The van der Waals surface area contributed by atoms with Gasteiger partial charge in [0.2, 0.25) is 0 Å². The van der Waals surface area contributed by atoms with E-state index < -0.39 is 0 Å². The predicted molar refractivity (Wildman–Crippen MR) is 58.8 cm³/mol. The molecule has 1 fully saturated rings. The Kier molecular flexibility index (Phi) is 4.79. The summed E-state index contributed by atoms with van der Waals surface area (Å²) >= 11 is 0. The zero-order valence-corrected chi connectivity index (χ0v) is 9.15. The van der Waals surface area contributed by atoms with Crippen molar-refractivity contribution >= 4 is 0 Å². The third-order valence-electron chi connectivity index (χ3n) is 3.17. The fraction of sp³-hybridized carbons (Fsp3) is 1.00. The van der Waals surface area contributed by atoms with E-state index in [0.29, 0.717) is 5.54 Å². The summed E-state index contributed by atoms with van der Waals surface area (Å²) in [5, 5.41) is 0. The van der Waals surface area contributed by atoms with Crippen molar-refractivity contribution in [3.63, 3.8) is 0 Å². The molecule has 0 aromatic rings. The van der Waals surface area contributed by atoms with E-state index in [1.165, 1.54) is 64.2 Å². The Hall–Kier alpha value is -0.0400. The lowest BCUT2D eigenvalue weighted by molar-refractivity contribution is 0.523. The molecule has 0 amide bonds. The molecule has 0 aliphatic heterocycles. The number of hydrogen-bond acceptors (Lipinski definition) is 1. The van der Waals surface area contributed by atoms with Crippen LogP contribution in [0.5, 0.6) is 0 Å². The van der Waals surface area contributed by atoms with E-state index in [9.17, 15) is 0 Å². The van der Waals surface area contributed by atoms with Crippen LogP contribution in [0.4, 0.5) is 0 Å². The SMILES string of the molecule is CCCCCCCCCC1(N)CC1. The molecule has 0 aromatic heterocycles. The van der Waals surface area contributed by atoms with E-state index in [1.807, 2.05) is 0 Å². The maximum Gasteiger partial charge on any atom is 0.0155 e. The van der Waals surface area contributed by atoms with Crippen LogP contribution in [-0.2, 0) is 0 Å². The van der Waals surface area contributed by atoms with Crippen LogP contribution in [0.1, 0.15) is 71.1 Å². The zero-order valence-electron chi connectivity index (χ0n) is 9.15. The molecule has 0 unspecified atom stereocenters. The number of rotatable bonds is 8. The zero-order chi connectivity index (χ0) is 9.57. The summed E-state index contributed by atoms with van der Waals surface area (Å²) in [6, 6.07) is 0. The highest BCUT2D eigenvalue weighted by Gasteiger charge is 2.36.